The van der Waals surface area contributed by atoms with E-state index in [0.29, 0.717) is 5.69 Å². The van der Waals surface area contributed by atoms with E-state index in [-0.39, 0.29) is 12.4 Å². The van der Waals surface area contributed by atoms with Crippen molar-refractivity contribution < 1.29 is 14.1 Å². The fourth-order valence-corrected chi connectivity index (χ4v) is 1.58. The number of nitrogens with zero attached hydrogens (tertiary/aromatic N) is 1. The topological polar surface area (TPSA) is 78.4 Å². The lowest BCUT2D eigenvalue weighted by molar-refractivity contribution is -0.387. The van der Waals surface area contributed by atoms with Crippen LogP contribution in [-0.4, -0.2) is 4.92 Å². The van der Waals surface area contributed by atoms with E-state index in [9.17, 15) is 14.5 Å². The van der Waals surface area contributed by atoms with E-state index in [0.717, 1.165) is 17.7 Å². The number of ether oxygens (including phenoxy) is 1. The highest BCUT2D eigenvalue weighted by Crippen LogP contribution is 2.23. The number of nitrogen functional groups attached to an aromatic ring is 1. The third-order valence-corrected chi connectivity index (χ3v) is 2.47. The minimum atomic E-state index is -0.921. The monoisotopic (exact) mass is 262 g/mol. The fourth-order valence-electron chi connectivity index (χ4n) is 1.58. The number of nitrogens with two attached hydrogens (primary N) is 1. The molecule has 0 saturated carbocycles. The first-order valence-electron chi connectivity index (χ1n) is 5.47. The average molecular weight is 262 g/mol. The number of anilines is 1. The van der Waals surface area contributed by atoms with Crippen molar-refractivity contribution in [3.8, 4) is 5.75 Å². The molecule has 0 saturated heterocycles. The Morgan fingerprint density at radius 2 is 2.05 bits per heavy atom. The molecule has 0 fully saturated rings. The molecule has 0 aliphatic rings. The van der Waals surface area contributed by atoms with Crippen molar-refractivity contribution in [3.05, 3.63) is 64.0 Å². The molecule has 0 amide bonds. The van der Waals surface area contributed by atoms with Crippen LogP contribution >= 0.6 is 0 Å². The predicted molar refractivity (Wildman–Crippen MR) is 68.2 cm³/mol. The summed E-state index contributed by atoms with van der Waals surface area (Å²) in [5.74, 6) is -0.694. The molecule has 0 unspecified atom stereocenters. The molecule has 6 heteroatoms. The number of nitro benzene ring substituents is 1. The number of halogens is 1. The van der Waals surface area contributed by atoms with Crippen molar-refractivity contribution in [1.29, 1.82) is 0 Å². The molecule has 0 aromatic heterocycles. The van der Waals surface area contributed by atoms with Gasteiger partial charge in [0.25, 0.3) is 0 Å². The molecule has 0 aliphatic carbocycles. The van der Waals surface area contributed by atoms with E-state index in [1.165, 1.54) is 6.07 Å². The van der Waals surface area contributed by atoms with Crippen molar-refractivity contribution in [1.82, 2.24) is 0 Å². The van der Waals surface area contributed by atoms with Gasteiger partial charge in [-0.25, -0.2) is 0 Å². The first kappa shape index (κ1) is 12.8. The normalized spacial score (nSPS) is 10.2. The minimum Gasteiger partial charge on any atom is -0.489 e. The summed E-state index contributed by atoms with van der Waals surface area (Å²) in [5, 5.41) is 10.5. The first-order chi connectivity index (χ1) is 9.06. The van der Waals surface area contributed by atoms with Gasteiger partial charge in [0.1, 0.15) is 12.4 Å². The van der Waals surface area contributed by atoms with Crippen LogP contribution in [-0.2, 0) is 6.61 Å². The summed E-state index contributed by atoms with van der Waals surface area (Å²) in [6, 6.07) is 10.5. The van der Waals surface area contributed by atoms with Crippen molar-refractivity contribution in [2.45, 2.75) is 6.61 Å². The summed E-state index contributed by atoms with van der Waals surface area (Å²) in [6.07, 6.45) is 0. The molecule has 0 aliphatic heterocycles. The molecule has 2 N–H and O–H groups in total. The summed E-state index contributed by atoms with van der Waals surface area (Å²) in [6.45, 7) is 0.211. The molecule has 19 heavy (non-hydrogen) atoms. The SMILES string of the molecule is Nc1cccc(COc2ccc([N+](=O)[O-])c(F)c2)c1. The lowest BCUT2D eigenvalue weighted by Gasteiger charge is -2.07. The van der Waals surface area contributed by atoms with Crippen molar-refractivity contribution in [2.24, 2.45) is 0 Å². The van der Waals surface area contributed by atoms with Crippen LogP contribution in [0.1, 0.15) is 5.56 Å². The van der Waals surface area contributed by atoms with Crippen LogP contribution in [0.4, 0.5) is 15.8 Å². The molecular weight excluding hydrogens is 251 g/mol. The Labute approximate surface area is 108 Å². The standard InChI is InChI=1S/C13H11FN2O3/c14-12-7-11(4-5-13(12)16(17)18)19-8-9-2-1-3-10(15)6-9/h1-7H,8,15H2. The van der Waals surface area contributed by atoms with Gasteiger partial charge in [-0.2, -0.15) is 4.39 Å². The largest absolute Gasteiger partial charge is 0.489 e. The highest BCUT2D eigenvalue weighted by atomic mass is 19.1. The second-order valence-electron chi connectivity index (χ2n) is 3.90. The molecule has 0 bridgehead atoms. The maximum Gasteiger partial charge on any atom is 0.305 e. The third kappa shape index (κ3) is 3.19. The predicted octanol–water partition coefficient (Wildman–Crippen LogP) is 2.90. The number of hydrogen-bond acceptors (Lipinski definition) is 4. The van der Waals surface area contributed by atoms with Crippen LogP contribution in [0.25, 0.3) is 0 Å². The Kier molecular flexibility index (Phi) is 3.61. The van der Waals surface area contributed by atoms with Gasteiger partial charge in [0.05, 0.1) is 4.92 Å². The first-order valence-corrected chi connectivity index (χ1v) is 5.47. The molecule has 0 heterocycles. The summed E-state index contributed by atoms with van der Waals surface area (Å²) < 4.78 is 18.7. The Hall–Kier alpha value is -2.63. The van der Waals surface area contributed by atoms with Gasteiger partial charge < -0.3 is 10.5 Å². The van der Waals surface area contributed by atoms with Gasteiger partial charge in [0, 0.05) is 17.8 Å². The Bertz CT molecular complexity index is 617. The molecule has 0 atom stereocenters. The Balaban J connectivity index is 2.08. The zero-order valence-electron chi connectivity index (χ0n) is 9.88. The molecule has 98 valence electrons. The van der Waals surface area contributed by atoms with Gasteiger partial charge in [-0.1, -0.05) is 12.1 Å². The molecule has 2 aromatic rings. The van der Waals surface area contributed by atoms with Crippen molar-refractivity contribution >= 4 is 11.4 Å². The van der Waals surface area contributed by atoms with Gasteiger partial charge in [0.2, 0.25) is 5.82 Å². The van der Waals surface area contributed by atoms with E-state index in [1.807, 2.05) is 6.07 Å². The zero-order chi connectivity index (χ0) is 13.8. The molecular formula is C13H11FN2O3. The number of rotatable bonds is 4. The fraction of sp³-hybridized carbons (Fsp3) is 0.0769. The highest BCUT2D eigenvalue weighted by molar-refractivity contribution is 5.41. The van der Waals surface area contributed by atoms with E-state index < -0.39 is 16.4 Å². The van der Waals surface area contributed by atoms with Gasteiger partial charge in [-0.05, 0) is 23.8 Å². The van der Waals surface area contributed by atoms with Crippen LogP contribution in [0.15, 0.2) is 42.5 Å². The summed E-state index contributed by atoms with van der Waals surface area (Å²) in [4.78, 5) is 9.68. The second kappa shape index (κ2) is 5.34. The minimum absolute atomic E-state index is 0.211. The van der Waals surface area contributed by atoms with Crippen molar-refractivity contribution in [3.63, 3.8) is 0 Å². The maximum atomic E-state index is 13.3. The Morgan fingerprint density at radius 1 is 1.26 bits per heavy atom. The molecule has 5 nitrogen and oxygen atoms in total. The van der Waals surface area contributed by atoms with Crippen molar-refractivity contribution in [2.75, 3.05) is 5.73 Å². The van der Waals surface area contributed by atoms with Crippen LogP contribution in [0, 0.1) is 15.9 Å². The molecule has 0 radical (unpaired) electrons. The quantitative estimate of drug-likeness (QED) is 0.522. The van der Waals surface area contributed by atoms with Crippen LogP contribution in [0.2, 0.25) is 0 Å². The maximum absolute atomic E-state index is 13.3. The van der Waals surface area contributed by atoms with E-state index in [1.54, 1.807) is 18.2 Å². The van der Waals surface area contributed by atoms with E-state index in [4.69, 9.17) is 10.5 Å². The number of hydrogen-bond donors (Lipinski definition) is 1. The zero-order valence-corrected chi connectivity index (χ0v) is 9.88. The van der Waals surface area contributed by atoms with Gasteiger partial charge in [-0.3, -0.25) is 10.1 Å². The highest BCUT2D eigenvalue weighted by Gasteiger charge is 2.14. The number of nitro groups is 1. The van der Waals surface area contributed by atoms with E-state index in [2.05, 4.69) is 0 Å². The van der Waals surface area contributed by atoms with Crippen LogP contribution < -0.4 is 10.5 Å². The molecule has 2 rings (SSSR count). The smallest absolute Gasteiger partial charge is 0.305 e. The van der Waals surface area contributed by atoms with Gasteiger partial charge in [0.15, 0.2) is 0 Å². The van der Waals surface area contributed by atoms with Crippen LogP contribution in [0.3, 0.4) is 0 Å². The van der Waals surface area contributed by atoms with Crippen LogP contribution in [0.5, 0.6) is 5.75 Å². The van der Waals surface area contributed by atoms with Gasteiger partial charge in [-0.15, -0.1) is 0 Å². The van der Waals surface area contributed by atoms with E-state index >= 15 is 0 Å². The second-order valence-corrected chi connectivity index (χ2v) is 3.90. The lowest BCUT2D eigenvalue weighted by Crippen LogP contribution is -1.98. The summed E-state index contributed by atoms with van der Waals surface area (Å²) >= 11 is 0. The summed E-state index contributed by atoms with van der Waals surface area (Å²) in [5.41, 5.74) is 6.48. The number of benzene rings is 2. The lowest BCUT2D eigenvalue weighted by atomic mass is 10.2. The molecule has 2 aromatic carbocycles. The Morgan fingerprint density at radius 3 is 2.68 bits per heavy atom. The average Bonchev–Trinajstić information content (AvgIpc) is 2.36. The molecule has 0 spiro atoms. The third-order valence-electron chi connectivity index (χ3n) is 2.47. The van der Waals surface area contributed by atoms with Gasteiger partial charge >= 0.3 is 5.69 Å². The summed E-state index contributed by atoms with van der Waals surface area (Å²) in [7, 11) is 0.